The summed E-state index contributed by atoms with van der Waals surface area (Å²) in [4.78, 5) is 0. The van der Waals surface area contributed by atoms with Gasteiger partial charge in [-0.15, -0.1) is 0 Å². The molecule has 0 aliphatic carbocycles. The summed E-state index contributed by atoms with van der Waals surface area (Å²) in [5.74, 6) is 0.802. The maximum Gasteiger partial charge on any atom is 0.0464 e. The molecule has 0 saturated heterocycles. The van der Waals surface area contributed by atoms with Gasteiger partial charge in [0.25, 0.3) is 0 Å². The van der Waals surface area contributed by atoms with Crippen LogP contribution in [0.15, 0.2) is 0 Å². The van der Waals surface area contributed by atoms with Crippen molar-refractivity contribution in [2.24, 2.45) is 16.7 Å². The highest BCUT2D eigenvalue weighted by Crippen LogP contribution is 2.29. The van der Waals surface area contributed by atoms with Crippen LogP contribution in [0.3, 0.4) is 0 Å². The first kappa shape index (κ1) is 18.9. The lowest BCUT2D eigenvalue weighted by molar-refractivity contribution is 0.157. The Labute approximate surface area is 121 Å². The van der Waals surface area contributed by atoms with Gasteiger partial charge in [0, 0.05) is 13.7 Å². The highest BCUT2D eigenvalue weighted by atomic mass is 16.5. The molecule has 0 aliphatic rings. The van der Waals surface area contributed by atoms with Crippen molar-refractivity contribution >= 4 is 0 Å². The van der Waals surface area contributed by atoms with Crippen molar-refractivity contribution in [3.63, 3.8) is 0 Å². The molecule has 1 atom stereocenters. The molecular formula is C17H37NO. The molecule has 0 aromatic carbocycles. The van der Waals surface area contributed by atoms with Gasteiger partial charge in [0.15, 0.2) is 0 Å². The van der Waals surface area contributed by atoms with E-state index in [0.29, 0.717) is 10.8 Å². The van der Waals surface area contributed by atoms with Gasteiger partial charge in [-0.2, -0.15) is 0 Å². The number of ether oxygens (including phenoxy) is 1. The van der Waals surface area contributed by atoms with Crippen LogP contribution in [0, 0.1) is 16.7 Å². The maximum absolute atomic E-state index is 5.24. The summed E-state index contributed by atoms with van der Waals surface area (Å²) in [5.41, 5.74) is 0.818. The predicted octanol–water partition coefficient (Wildman–Crippen LogP) is 4.49. The quantitative estimate of drug-likeness (QED) is 0.624. The van der Waals surface area contributed by atoms with Crippen molar-refractivity contribution < 1.29 is 4.74 Å². The molecule has 0 heterocycles. The van der Waals surface area contributed by atoms with Crippen LogP contribution in [0.25, 0.3) is 0 Å². The average molecular weight is 271 g/mol. The Balaban J connectivity index is 3.86. The molecule has 0 saturated carbocycles. The highest BCUT2D eigenvalue weighted by molar-refractivity contribution is 4.71. The minimum absolute atomic E-state index is 0.390. The molecule has 0 unspecified atom stereocenters. The Morgan fingerprint density at radius 2 is 1.58 bits per heavy atom. The smallest absolute Gasteiger partial charge is 0.0464 e. The molecule has 19 heavy (non-hydrogen) atoms. The van der Waals surface area contributed by atoms with Crippen LogP contribution < -0.4 is 5.32 Å². The number of nitrogens with one attached hydrogen (secondary N) is 1. The Kier molecular flexibility index (Phi) is 8.93. The van der Waals surface area contributed by atoms with E-state index in [2.05, 4.69) is 46.9 Å². The molecule has 0 amide bonds. The normalized spacial score (nSPS) is 14.7. The first-order valence-corrected chi connectivity index (χ1v) is 7.84. The van der Waals surface area contributed by atoms with Crippen LogP contribution in [0.4, 0.5) is 0 Å². The lowest BCUT2D eigenvalue weighted by atomic mass is 9.81. The number of rotatable bonds is 9. The van der Waals surface area contributed by atoms with E-state index < -0.39 is 0 Å². The molecule has 0 bridgehead atoms. The van der Waals surface area contributed by atoms with E-state index in [-0.39, 0.29) is 0 Å². The van der Waals surface area contributed by atoms with E-state index in [1.54, 1.807) is 7.11 Å². The van der Waals surface area contributed by atoms with E-state index in [1.165, 1.54) is 25.7 Å². The third kappa shape index (κ3) is 14.1. The van der Waals surface area contributed by atoms with Crippen molar-refractivity contribution in [3.05, 3.63) is 0 Å². The van der Waals surface area contributed by atoms with Gasteiger partial charge in [-0.05, 0) is 55.5 Å². The van der Waals surface area contributed by atoms with Crippen LogP contribution in [0.1, 0.15) is 67.2 Å². The second kappa shape index (κ2) is 8.97. The van der Waals surface area contributed by atoms with Crippen LogP contribution in [-0.4, -0.2) is 26.8 Å². The summed E-state index contributed by atoms with van der Waals surface area (Å²) >= 11 is 0. The number of hydrogen-bond donors (Lipinski definition) is 1. The molecule has 0 aromatic rings. The van der Waals surface area contributed by atoms with Gasteiger partial charge in [0.2, 0.25) is 0 Å². The van der Waals surface area contributed by atoms with Gasteiger partial charge in [-0.25, -0.2) is 0 Å². The molecule has 0 aliphatic heterocycles. The van der Waals surface area contributed by atoms with Gasteiger partial charge < -0.3 is 10.1 Å². The van der Waals surface area contributed by atoms with Gasteiger partial charge in [0.05, 0.1) is 0 Å². The predicted molar refractivity (Wildman–Crippen MR) is 85.6 cm³/mol. The number of methoxy groups -OCH3 is 1. The Morgan fingerprint density at radius 3 is 2.05 bits per heavy atom. The Morgan fingerprint density at radius 1 is 0.947 bits per heavy atom. The first-order valence-electron chi connectivity index (χ1n) is 7.84. The molecule has 2 nitrogen and oxygen atoms in total. The minimum atomic E-state index is 0.390. The molecule has 2 heteroatoms. The van der Waals surface area contributed by atoms with Gasteiger partial charge >= 0.3 is 0 Å². The van der Waals surface area contributed by atoms with Crippen molar-refractivity contribution in [2.75, 3.05) is 26.8 Å². The zero-order valence-corrected chi connectivity index (χ0v) is 14.4. The topological polar surface area (TPSA) is 21.3 Å². The second-order valence-corrected chi connectivity index (χ2v) is 8.29. The largest absolute Gasteiger partial charge is 0.385 e. The molecule has 0 spiro atoms. The van der Waals surface area contributed by atoms with Gasteiger partial charge in [-0.3, -0.25) is 0 Å². The van der Waals surface area contributed by atoms with Crippen molar-refractivity contribution in [3.8, 4) is 0 Å². The zero-order chi connectivity index (χ0) is 14.9. The highest BCUT2D eigenvalue weighted by Gasteiger charge is 2.18. The summed E-state index contributed by atoms with van der Waals surface area (Å²) in [7, 11) is 1.80. The fourth-order valence-electron chi connectivity index (χ4n) is 2.48. The van der Waals surface area contributed by atoms with Crippen LogP contribution >= 0.6 is 0 Å². The third-order valence-electron chi connectivity index (χ3n) is 3.25. The molecule has 0 aromatic heterocycles. The molecular weight excluding hydrogens is 234 g/mol. The summed E-state index contributed by atoms with van der Waals surface area (Å²) in [6.45, 7) is 17.0. The molecule has 0 fully saturated rings. The summed E-state index contributed by atoms with van der Waals surface area (Å²) < 4.78 is 5.24. The summed E-state index contributed by atoms with van der Waals surface area (Å²) in [5, 5.41) is 3.57. The van der Waals surface area contributed by atoms with E-state index in [0.717, 1.165) is 25.6 Å². The SMILES string of the molecule is COCC[C@H](CCCNCC(C)(C)C)CC(C)(C)C. The first-order chi connectivity index (χ1) is 8.64. The molecule has 1 N–H and O–H groups in total. The van der Waals surface area contributed by atoms with Crippen molar-refractivity contribution in [1.29, 1.82) is 0 Å². The summed E-state index contributed by atoms with van der Waals surface area (Å²) in [6, 6.07) is 0. The Hall–Kier alpha value is -0.0800. The van der Waals surface area contributed by atoms with Crippen molar-refractivity contribution in [1.82, 2.24) is 5.32 Å². The molecule has 0 rings (SSSR count). The lowest BCUT2D eigenvalue weighted by Gasteiger charge is -2.26. The van der Waals surface area contributed by atoms with Gasteiger partial charge in [-0.1, -0.05) is 41.5 Å². The van der Waals surface area contributed by atoms with E-state index in [9.17, 15) is 0 Å². The number of hydrogen-bond acceptors (Lipinski definition) is 2. The van der Waals surface area contributed by atoms with Crippen LogP contribution in [0.2, 0.25) is 0 Å². The van der Waals surface area contributed by atoms with Crippen LogP contribution in [-0.2, 0) is 4.74 Å². The van der Waals surface area contributed by atoms with E-state index in [4.69, 9.17) is 4.74 Å². The van der Waals surface area contributed by atoms with Crippen molar-refractivity contribution in [2.45, 2.75) is 67.2 Å². The second-order valence-electron chi connectivity index (χ2n) is 8.29. The monoisotopic (exact) mass is 271 g/mol. The maximum atomic E-state index is 5.24. The molecule has 116 valence electrons. The van der Waals surface area contributed by atoms with Crippen LogP contribution in [0.5, 0.6) is 0 Å². The molecule has 0 radical (unpaired) electrons. The van der Waals surface area contributed by atoms with Gasteiger partial charge in [0.1, 0.15) is 0 Å². The zero-order valence-electron chi connectivity index (χ0n) is 14.4. The summed E-state index contributed by atoms with van der Waals surface area (Å²) in [6.07, 6.45) is 5.10. The Bertz CT molecular complexity index is 212. The van der Waals surface area contributed by atoms with E-state index >= 15 is 0 Å². The standard InChI is InChI=1S/C17H37NO/c1-16(2,3)13-15(10-12-19-7)9-8-11-18-14-17(4,5)6/h15,18H,8-14H2,1-7H3/t15-/m0/s1. The fourth-order valence-corrected chi connectivity index (χ4v) is 2.48. The minimum Gasteiger partial charge on any atom is -0.385 e. The fraction of sp³-hybridized carbons (Fsp3) is 1.00. The lowest BCUT2D eigenvalue weighted by Crippen LogP contribution is -2.28. The van der Waals surface area contributed by atoms with E-state index in [1.807, 2.05) is 0 Å². The third-order valence-corrected chi connectivity index (χ3v) is 3.25. The average Bonchev–Trinajstić information content (AvgIpc) is 2.21.